The van der Waals surface area contributed by atoms with E-state index in [0.717, 1.165) is 0 Å². The van der Waals surface area contributed by atoms with E-state index in [0.29, 0.717) is 30.4 Å². The molecule has 0 aliphatic rings. The second kappa shape index (κ2) is 3.93. The quantitative estimate of drug-likeness (QED) is 0.735. The van der Waals surface area contributed by atoms with Crippen molar-refractivity contribution in [3.05, 3.63) is 24.2 Å². The summed E-state index contributed by atoms with van der Waals surface area (Å²) in [5.74, 6) is 0.967. The van der Waals surface area contributed by atoms with E-state index in [1.807, 2.05) is 0 Å². The predicted octanol–water partition coefficient (Wildman–Crippen LogP) is 0.0278. The third kappa shape index (κ3) is 1.74. The molecule has 0 aromatic carbocycles. The molecule has 0 radical (unpaired) electrons. The molecule has 0 bridgehead atoms. The molecule has 2 N–H and O–H groups in total. The summed E-state index contributed by atoms with van der Waals surface area (Å²) >= 11 is 0. The van der Waals surface area contributed by atoms with Crippen LogP contribution in [-0.2, 0) is 6.42 Å². The van der Waals surface area contributed by atoms with Gasteiger partial charge in [-0.15, -0.1) is 5.10 Å². The van der Waals surface area contributed by atoms with Gasteiger partial charge in [0.2, 0.25) is 11.7 Å². The molecule has 14 heavy (non-hydrogen) atoms. The Kier molecular flexibility index (Phi) is 2.46. The molecular formula is C8H9N5O. The zero-order valence-corrected chi connectivity index (χ0v) is 7.42. The monoisotopic (exact) mass is 191 g/mol. The van der Waals surface area contributed by atoms with Crippen molar-refractivity contribution in [3.8, 4) is 11.5 Å². The van der Waals surface area contributed by atoms with E-state index in [2.05, 4.69) is 20.3 Å². The molecule has 0 aliphatic heterocycles. The van der Waals surface area contributed by atoms with E-state index in [9.17, 15) is 0 Å². The van der Waals surface area contributed by atoms with Gasteiger partial charge in [0.1, 0.15) is 5.69 Å². The zero-order chi connectivity index (χ0) is 9.80. The number of hydrogen-bond acceptors (Lipinski definition) is 6. The number of nitrogens with zero attached hydrogens (tertiary/aromatic N) is 4. The number of aromatic nitrogens is 4. The van der Waals surface area contributed by atoms with Crippen molar-refractivity contribution in [3.63, 3.8) is 0 Å². The summed E-state index contributed by atoms with van der Waals surface area (Å²) in [7, 11) is 0. The van der Waals surface area contributed by atoms with Crippen LogP contribution in [0.25, 0.3) is 11.5 Å². The van der Waals surface area contributed by atoms with Crippen LogP contribution in [0.15, 0.2) is 22.9 Å². The van der Waals surface area contributed by atoms with Crippen molar-refractivity contribution in [2.45, 2.75) is 6.42 Å². The van der Waals surface area contributed by atoms with Gasteiger partial charge in [0.15, 0.2) is 0 Å². The Bertz CT molecular complexity index is 399. The molecule has 2 rings (SSSR count). The van der Waals surface area contributed by atoms with E-state index in [1.54, 1.807) is 18.3 Å². The number of nitrogens with two attached hydrogens (primary N) is 1. The summed E-state index contributed by atoms with van der Waals surface area (Å²) in [4.78, 5) is 4.11. The van der Waals surface area contributed by atoms with Crippen molar-refractivity contribution >= 4 is 0 Å². The molecule has 0 spiro atoms. The molecule has 6 heteroatoms. The largest absolute Gasteiger partial charge is 0.339 e. The van der Waals surface area contributed by atoms with E-state index >= 15 is 0 Å². The first-order chi connectivity index (χ1) is 6.90. The lowest BCUT2D eigenvalue weighted by Gasteiger charge is -1.88. The highest BCUT2D eigenvalue weighted by molar-refractivity contribution is 5.46. The predicted molar refractivity (Wildman–Crippen MR) is 48.1 cm³/mol. The van der Waals surface area contributed by atoms with Crippen LogP contribution in [-0.4, -0.2) is 26.9 Å². The molecule has 0 saturated heterocycles. The number of hydrogen-bond donors (Lipinski definition) is 1. The smallest absolute Gasteiger partial charge is 0.228 e. The Morgan fingerprint density at radius 2 is 2.36 bits per heavy atom. The molecule has 0 amide bonds. The molecule has 2 heterocycles. The summed E-state index contributed by atoms with van der Waals surface area (Å²) in [5, 5.41) is 11.3. The summed E-state index contributed by atoms with van der Waals surface area (Å²) in [6.07, 6.45) is 2.16. The normalized spacial score (nSPS) is 10.4. The Morgan fingerprint density at radius 1 is 1.43 bits per heavy atom. The summed E-state index contributed by atoms with van der Waals surface area (Å²) in [6.45, 7) is 0.488. The lowest BCUT2D eigenvalue weighted by molar-refractivity contribution is 0.380. The summed E-state index contributed by atoms with van der Waals surface area (Å²) in [5.41, 5.74) is 5.95. The van der Waals surface area contributed by atoms with Gasteiger partial charge < -0.3 is 10.3 Å². The molecule has 72 valence electrons. The van der Waals surface area contributed by atoms with E-state index < -0.39 is 0 Å². The van der Waals surface area contributed by atoms with Crippen molar-refractivity contribution in [1.29, 1.82) is 0 Å². The first-order valence-corrected chi connectivity index (χ1v) is 4.21. The second-order valence-corrected chi connectivity index (χ2v) is 2.66. The minimum absolute atomic E-state index is 0.446. The average Bonchev–Trinajstić information content (AvgIpc) is 2.68. The van der Waals surface area contributed by atoms with Gasteiger partial charge in [-0.25, -0.2) is 0 Å². The molecule has 2 aromatic heterocycles. The van der Waals surface area contributed by atoms with Crippen molar-refractivity contribution in [1.82, 2.24) is 20.3 Å². The second-order valence-electron chi connectivity index (χ2n) is 2.66. The Labute approximate surface area is 80.2 Å². The molecule has 0 aliphatic carbocycles. The van der Waals surface area contributed by atoms with Gasteiger partial charge in [-0.05, 0) is 12.1 Å². The van der Waals surface area contributed by atoms with Gasteiger partial charge >= 0.3 is 0 Å². The van der Waals surface area contributed by atoms with Crippen LogP contribution in [0.1, 0.15) is 5.89 Å². The highest BCUT2D eigenvalue weighted by Gasteiger charge is 2.08. The maximum Gasteiger partial charge on any atom is 0.228 e. The Balaban J connectivity index is 2.25. The SMILES string of the molecule is NCCc1nc(-c2cccnn2)no1. The minimum atomic E-state index is 0.446. The fraction of sp³-hybridized carbons (Fsp3) is 0.250. The molecule has 6 nitrogen and oxygen atoms in total. The topological polar surface area (TPSA) is 90.7 Å². The first kappa shape index (κ1) is 8.76. The first-order valence-electron chi connectivity index (χ1n) is 4.21. The Morgan fingerprint density at radius 3 is 3.07 bits per heavy atom. The molecule has 0 fully saturated rings. The van der Waals surface area contributed by atoms with Crippen LogP contribution in [0.4, 0.5) is 0 Å². The maximum absolute atomic E-state index is 5.35. The lowest BCUT2D eigenvalue weighted by Crippen LogP contribution is -2.02. The van der Waals surface area contributed by atoms with Crippen LogP contribution in [0, 0.1) is 0 Å². The van der Waals surface area contributed by atoms with E-state index in [-0.39, 0.29) is 0 Å². The van der Waals surface area contributed by atoms with Crippen LogP contribution in [0.3, 0.4) is 0 Å². The zero-order valence-electron chi connectivity index (χ0n) is 7.42. The lowest BCUT2D eigenvalue weighted by atomic mass is 10.4. The fourth-order valence-corrected chi connectivity index (χ4v) is 1.00. The van der Waals surface area contributed by atoms with Gasteiger partial charge in [-0.2, -0.15) is 10.1 Å². The fourth-order valence-electron chi connectivity index (χ4n) is 1.00. The Hall–Kier alpha value is -1.82. The number of rotatable bonds is 3. The van der Waals surface area contributed by atoms with Crippen LogP contribution in [0.5, 0.6) is 0 Å². The van der Waals surface area contributed by atoms with Gasteiger partial charge in [0.25, 0.3) is 0 Å². The van der Waals surface area contributed by atoms with Gasteiger partial charge in [-0.1, -0.05) is 5.16 Å². The molecular weight excluding hydrogens is 182 g/mol. The maximum atomic E-state index is 5.35. The standard InChI is InChI=1S/C8H9N5O/c9-4-3-7-11-8(13-14-7)6-2-1-5-10-12-6/h1-2,5H,3-4,9H2. The third-order valence-electron chi connectivity index (χ3n) is 1.63. The van der Waals surface area contributed by atoms with Crippen molar-refractivity contribution in [2.24, 2.45) is 5.73 Å². The summed E-state index contributed by atoms with van der Waals surface area (Å²) in [6, 6.07) is 3.53. The van der Waals surface area contributed by atoms with Crippen molar-refractivity contribution in [2.75, 3.05) is 6.54 Å². The highest BCUT2D eigenvalue weighted by atomic mass is 16.5. The average molecular weight is 191 g/mol. The van der Waals surface area contributed by atoms with Gasteiger partial charge in [0, 0.05) is 19.2 Å². The summed E-state index contributed by atoms with van der Waals surface area (Å²) < 4.78 is 4.95. The van der Waals surface area contributed by atoms with Gasteiger partial charge in [0.05, 0.1) is 0 Å². The van der Waals surface area contributed by atoms with Crippen LogP contribution in [0.2, 0.25) is 0 Å². The third-order valence-corrected chi connectivity index (χ3v) is 1.63. The minimum Gasteiger partial charge on any atom is -0.339 e. The molecule has 0 saturated carbocycles. The van der Waals surface area contributed by atoms with Gasteiger partial charge in [-0.3, -0.25) is 0 Å². The molecule has 0 atom stereocenters. The molecule has 2 aromatic rings. The van der Waals surface area contributed by atoms with E-state index in [1.165, 1.54) is 0 Å². The van der Waals surface area contributed by atoms with Crippen LogP contribution >= 0.6 is 0 Å². The highest BCUT2D eigenvalue weighted by Crippen LogP contribution is 2.10. The van der Waals surface area contributed by atoms with E-state index in [4.69, 9.17) is 10.3 Å². The van der Waals surface area contributed by atoms with Crippen molar-refractivity contribution < 1.29 is 4.52 Å². The van der Waals surface area contributed by atoms with Crippen LogP contribution < -0.4 is 5.73 Å². The molecule has 0 unspecified atom stereocenters.